The second-order valence-corrected chi connectivity index (χ2v) is 2.14. The minimum atomic E-state index is -0.538. The zero-order valence-electron chi connectivity index (χ0n) is 5.85. The van der Waals surface area contributed by atoms with Gasteiger partial charge in [0, 0.05) is 6.42 Å². The van der Waals surface area contributed by atoms with E-state index in [1.165, 1.54) is 0 Å². The molecule has 0 spiro atoms. The van der Waals surface area contributed by atoms with Gasteiger partial charge in [-0.25, -0.2) is 5.11 Å². The van der Waals surface area contributed by atoms with Crippen LogP contribution in [0.25, 0.3) is 0 Å². The van der Waals surface area contributed by atoms with Gasteiger partial charge in [-0.15, -0.1) is 0 Å². The lowest BCUT2D eigenvalue weighted by Gasteiger charge is -1.92. The van der Waals surface area contributed by atoms with E-state index in [1.807, 2.05) is 0 Å². The van der Waals surface area contributed by atoms with E-state index in [1.54, 1.807) is 0 Å². The predicted octanol–water partition coefficient (Wildman–Crippen LogP) is 1.57. The second kappa shape index (κ2) is 5.76. The first-order chi connectivity index (χ1) is 4.31. The molecule has 0 N–H and O–H groups in total. The summed E-state index contributed by atoms with van der Waals surface area (Å²) in [4.78, 5) is 10.4. The maximum absolute atomic E-state index is 10.4. The first kappa shape index (κ1) is 8.63. The highest BCUT2D eigenvalue weighted by Crippen LogP contribution is 1.98. The largest absolute Gasteiger partial charge is 0.297 e. The van der Waals surface area contributed by atoms with Gasteiger partial charge >= 0.3 is 0 Å². The highest BCUT2D eigenvalue weighted by molar-refractivity contribution is 5.79. The molecule has 0 aromatic heterocycles. The van der Waals surface area contributed by atoms with Crippen molar-refractivity contribution in [3.63, 3.8) is 0 Å². The van der Waals surface area contributed by atoms with E-state index in [2.05, 4.69) is 6.92 Å². The van der Waals surface area contributed by atoms with E-state index >= 15 is 0 Å². The molecule has 1 radical (unpaired) electrons. The van der Waals surface area contributed by atoms with Crippen LogP contribution in [-0.4, -0.2) is 12.4 Å². The van der Waals surface area contributed by atoms with Crippen molar-refractivity contribution in [2.24, 2.45) is 0 Å². The summed E-state index contributed by atoms with van der Waals surface area (Å²) in [5, 5.41) is 9.87. The monoisotopic (exact) mass is 129 g/mol. The van der Waals surface area contributed by atoms with E-state index < -0.39 is 6.61 Å². The minimum Gasteiger partial charge on any atom is -0.297 e. The maximum atomic E-state index is 10.4. The Morgan fingerprint density at radius 3 is 2.44 bits per heavy atom. The highest BCUT2D eigenvalue weighted by atomic mass is 16.3. The molecule has 0 unspecified atom stereocenters. The maximum Gasteiger partial charge on any atom is 0.161 e. The topological polar surface area (TPSA) is 37.0 Å². The first-order valence-corrected chi connectivity index (χ1v) is 3.41. The zero-order chi connectivity index (χ0) is 7.11. The van der Waals surface area contributed by atoms with Gasteiger partial charge < -0.3 is 0 Å². The Morgan fingerprint density at radius 2 is 2.00 bits per heavy atom. The molecule has 0 rings (SSSR count). The summed E-state index contributed by atoms with van der Waals surface area (Å²) in [6, 6.07) is 0. The first-order valence-electron chi connectivity index (χ1n) is 3.41. The predicted molar refractivity (Wildman–Crippen MR) is 34.7 cm³/mol. The van der Waals surface area contributed by atoms with Crippen molar-refractivity contribution in [1.82, 2.24) is 0 Å². The molecule has 0 saturated heterocycles. The van der Waals surface area contributed by atoms with Crippen LogP contribution in [0.15, 0.2) is 0 Å². The Hall–Kier alpha value is -0.370. The smallest absolute Gasteiger partial charge is 0.161 e. The molecule has 0 bridgehead atoms. The van der Waals surface area contributed by atoms with Crippen LogP contribution in [0.3, 0.4) is 0 Å². The molecule has 0 aromatic carbocycles. The van der Waals surface area contributed by atoms with Gasteiger partial charge in [-0.1, -0.05) is 19.8 Å². The summed E-state index contributed by atoms with van der Waals surface area (Å²) in [6.07, 6.45) is 3.53. The van der Waals surface area contributed by atoms with E-state index in [9.17, 15) is 9.90 Å². The lowest BCUT2D eigenvalue weighted by molar-refractivity contribution is -0.123. The van der Waals surface area contributed by atoms with Crippen LogP contribution in [0.1, 0.15) is 32.6 Å². The van der Waals surface area contributed by atoms with Crippen molar-refractivity contribution in [2.75, 3.05) is 6.61 Å². The molecule has 0 fully saturated rings. The number of hydrogen-bond acceptors (Lipinski definition) is 1. The Bertz CT molecular complexity index is 79.0. The van der Waals surface area contributed by atoms with E-state index in [0.29, 0.717) is 6.42 Å². The Labute approximate surface area is 55.9 Å². The molecular weight excluding hydrogens is 116 g/mol. The molecule has 2 nitrogen and oxygen atoms in total. The third-order valence-corrected chi connectivity index (χ3v) is 1.22. The summed E-state index contributed by atoms with van der Waals surface area (Å²) in [5.41, 5.74) is 0. The van der Waals surface area contributed by atoms with Crippen LogP contribution in [0.4, 0.5) is 0 Å². The van der Waals surface area contributed by atoms with Crippen molar-refractivity contribution < 1.29 is 9.90 Å². The molecule has 9 heavy (non-hydrogen) atoms. The molecule has 0 aromatic rings. The minimum absolute atomic E-state index is 0.150. The third-order valence-electron chi connectivity index (χ3n) is 1.22. The van der Waals surface area contributed by atoms with Gasteiger partial charge in [0.1, 0.15) is 6.61 Å². The normalized spacial score (nSPS) is 9.56. The van der Waals surface area contributed by atoms with Crippen molar-refractivity contribution in [3.05, 3.63) is 0 Å². The lowest BCUT2D eigenvalue weighted by Crippen LogP contribution is -2.01. The lowest BCUT2D eigenvalue weighted by atomic mass is 10.1. The van der Waals surface area contributed by atoms with Gasteiger partial charge in [-0.3, -0.25) is 4.79 Å². The fourth-order valence-electron chi connectivity index (χ4n) is 0.644. The van der Waals surface area contributed by atoms with Gasteiger partial charge in [0.15, 0.2) is 5.78 Å². The molecule has 2 heteroatoms. The summed E-state index contributed by atoms with van der Waals surface area (Å²) >= 11 is 0. The molecular formula is C7H13O2. The number of hydrogen-bond donors (Lipinski definition) is 0. The van der Waals surface area contributed by atoms with Crippen LogP contribution in [0, 0.1) is 0 Å². The van der Waals surface area contributed by atoms with Crippen LogP contribution in [-0.2, 0) is 9.90 Å². The molecule has 0 saturated carbocycles. The molecule has 0 aliphatic carbocycles. The fourth-order valence-corrected chi connectivity index (χ4v) is 0.644. The molecule has 0 aliphatic rings. The van der Waals surface area contributed by atoms with Crippen molar-refractivity contribution in [3.8, 4) is 0 Å². The quantitative estimate of drug-likeness (QED) is 0.519. The van der Waals surface area contributed by atoms with E-state index in [-0.39, 0.29) is 5.78 Å². The van der Waals surface area contributed by atoms with Gasteiger partial charge in [-0.2, -0.15) is 0 Å². The molecule has 53 valence electrons. The third kappa shape index (κ3) is 5.50. The fraction of sp³-hybridized carbons (Fsp3) is 0.857. The number of rotatable bonds is 5. The highest BCUT2D eigenvalue weighted by Gasteiger charge is 1.97. The SMILES string of the molecule is CCCCCC(=O)C[O]. The summed E-state index contributed by atoms with van der Waals surface area (Å²) in [5.74, 6) is -0.150. The van der Waals surface area contributed by atoms with Crippen LogP contribution in [0.5, 0.6) is 0 Å². The van der Waals surface area contributed by atoms with Crippen LogP contribution >= 0.6 is 0 Å². The number of unbranched alkanes of at least 4 members (excludes halogenated alkanes) is 2. The molecule has 0 heterocycles. The number of ketones is 1. The standard InChI is InChI=1S/C7H13O2/c1-2-3-4-5-7(9)6-8/h2-6H2,1H3. The second-order valence-electron chi connectivity index (χ2n) is 2.14. The summed E-state index contributed by atoms with van der Waals surface area (Å²) in [6.45, 7) is 1.53. The average Bonchev–Trinajstić information content (AvgIpc) is 1.89. The van der Waals surface area contributed by atoms with Crippen molar-refractivity contribution in [1.29, 1.82) is 0 Å². The van der Waals surface area contributed by atoms with Gasteiger partial charge in [0.05, 0.1) is 0 Å². The van der Waals surface area contributed by atoms with E-state index in [4.69, 9.17) is 0 Å². The average molecular weight is 129 g/mol. The van der Waals surface area contributed by atoms with Gasteiger partial charge in [-0.05, 0) is 6.42 Å². The Morgan fingerprint density at radius 1 is 1.33 bits per heavy atom. The van der Waals surface area contributed by atoms with Gasteiger partial charge in [0.2, 0.25) is 0 Å². The van der Waals surface area contributed by atoms with Crippen molar-refractivity contribution >= 4 is 5.78 Å². The van der Waals surface area contributed by atoms with Crippen LogP contribution < -0.4 is 0 Å². The summed E-state index contributed by atoms with van der Waals surface area (Å²) in [7, 11) is 0. The number of carbonyl (C=O) groups excluding carboxylic acids is 1. The number of carbonyl (C=O) groups is 1. The van der Waals surface area contributed by atoms with E-state index in [0.717, 1.165) is 19.3 Å². The van der Waals surface area contributed by atoms with Crippen LogP contribution in [0.2, 0.25) is 0 Å². The summed E-state index contributed by atoms with van der Waals surface area (Å²) < 4.78 is 0. The zero-order valence-corrected chi connectivity index (χ0v) is 5.85. The van der Waals surface area contributed by atoms with Gasteiger partial charge in [0.25, 0.3) is 0 Å². The Balaban J connectivity index is 2.97. The molecule has 0 aliphatic heterocycles. The molecule has 0 amide bonds. The van der Waals surface area contributed by atoms with Crippen molar-refractivity contribution in [2.45, 2.75) is 32.6 Å². The molecule has 0 atom stereocenters. The Kier molecular flexibility index (Phi) is 5.52. The number of Topliss-reactive ketones (excluding diaryl/α,β-unsaturated/α-hetero) is 1.